The smallest absolute Gasteiger partial charge is 0.414 e. The summed E-state index contributed by atoms with van der Waals surface area (Å²) in [4.78, 5) is 24.7. The van der Waals surface area contributed by atoms with Crippen molar-refractivity contribution in [3.8, 4) is 5.75 Å². The van der Waals surface area contributed by atoms with Crippen molar-refractivity contribution in [1.82, 2.24) is 0 Å². The molecule has 0 N–H and O–H groups in total. The molecule has 6 nitrogen and oxygen atoms in total. The van der Waals surface area contributed by atoms with Crippen LogP contribution in [0.4, 0.5) is 10.5 Å². The second kappa shape index (κ2) is 5.17. The number of hydrogen-bond acceptors (Lipinski definition) is 5. The van der Waals surface area contributed by atoms with Crippen LogP contribution in [0, 0.1) is 0 Å². The van der Waals surface area contributed by atoms with E-state index >= 15 is 0 Å². The fourth-order valence-electron chi connectivity index (χ4n) is 1.98. The predicted octanol–water partition coefficient (Wildman–Crippen LogP) is 1.83. The molecule has 1 atom stereocenters. The van der Waals surface area contributed by atoms with Gasteiger partial charge >= 0.3 is 12.1 Å². The molecule has 0 unspecified atom stereocenters. The molecular formula is C13H15NO5. The van der Waals surface area contributed by atoms with Gasteiger partial charge < -0.3 is 14.2 Å². The van der Waals surface area contributed by atoms with Crippen LogP contribution in [0.1, 0.15) is 17.3 Å². The Morgan fingerprint density at radius 3 is 2.68 bits per heavy atom. The van der Waals surface area contributed by atoms with Gasteiger partial charge in [-0.05, 0) is 19.1 Å². The lowest BCUT2D eigenvalue weighted by Gasteiger charge is -2.19. The lowest BCUT2D eigenvalue weighted by Crippen LogP contribution is -2.30. The number of methoxy groups -OCH3 is 2. The van der Waals surface area contributed by atoms with E-state index in [1.54, 1.807) is 18.2 Å². The first-order valence-electron chi connectivity index (χ1n) is 5.80. The zero-order valence-electron chi connectivity index (χ0n) is 11.0. The molecule has 1 aliphatic heterocycles. The Bertz CT molecular complexity index is 514. The molecule has 1 aromatic rings. The highest BCUT2D eigenvalue weighted by Crippen LogP contribution is 2.29. The van der Waals surface area contributed by atoms with Crippen molar-refractivity contribution < 1.29 is 23.8 Å². The van der Waals surface area contributed by atoms with Gasteiger partial charge in [-0.15, -0.1) is 0 Å². The van der Waals surface area contributed by atoms with E-state index in [4.69, 9.17) is 9.47 Å². The van der Waals surface area contributed by atoms with Gasteiger partial charge in [0.15, 0.2) is 0 Å². The van der Waals surface area contributed by atoms with Crippen LogP contribution in [0.25, 0.3) is 0 Å². The minimum absolute atomic E-state index is 0.0545. The van der Waals surface area contributed by atoms with Gasteiger partial charge in [-0.1, -0.05) is 0 Å². The summed E-state index contributed by atoms with van der Waals surface area (Å²) in [6.45, 7) is 2.23. The molecule has 0 aliphatic carbocycles. The molecule has 1 aromatic carbocycles. The molecule has 102 valence electrons. The number of esters is 1. The average Bonchev–Trinajstić information content (AvgIpc) is 2.76. The standard InChI is InChI=1S/C13H15NO5/c1-8-7-19-13(16)14(8)9-4-5-10(12(15)18-3)11(6-9)17-2/h4-6,8H,7H2,1-3H3/t8-/m1/s1. The summed E-state index contributed by atoms with van der Waals surface area (Å²) < 4.78 is 14.8. The number of carbonyl (C=O) groups excluding carboxylic acids is 2. The van der Waals surface area contributed by atoms with Crippen molar-refractivity contribution in [2.75, 3.05) is 25.7 Å². The maximum atomic E-state index is 11.6. The largest absolute Gasteiger partial charge is 0.496 e. The molecule has 19 heavy (non-hydrogen) atoms. The van der Waals surface area contributed by atoms with Gasteiger partial charge in [-0.25, -0.2) is 9.59 Å². The van der Waals surface area contributed by atoms with E-state index in [0.29, 0.717) is 23.6 Å². The Balaban J connectivity index is 2.39. The van der Waals surface area contributed by atoms with E-state index in [1.165, 1.54) is 19.1 Å². The third-order valence-electron chi connectivity index (χ3n) is 2.95. The van der Waals surface area contributed by atoms with Crippen LogP contribution in [0.5, 0.6) is 5.75 Å². The normalized spacial score (nSPS) is 18.2. The van der Waals surface area contributed by atoms with Crippen molar-refractivity contribution in [3.05, 3.63) is 23.8 Å². The molecular weight excluding hydrogens is 250 g/mol. The van der Waals surface area contributed by atoms with Crippen molar-refractivity contribution >= 4 is 17.7 Å². The summed E-state index contributed by atoms with van der Waals surface area (Å²) in [7, 11) is 2.76. The third-order valence-corrected chi connectivity index (χ3v) is 2.95. The summed E-state index contributed by atoms with van der Waals surface area (Å²) in [6, 6.07) is 4.80. The minimum Gasteiger partial charge on any atom is -0.496 e. The Hall–Kier alpha value is -2.24. The number of rotatable bonds is 3. The summed E-state index contributed by atoms with van der Waals surface area (Å²) in [5, 5.41) is 0. The summed E-state index contributed by atoms with van der Waals surface area (Å²) >= 11 is 0. The maximum Gasteiger partial charge on any atom is 0.414 e. The van der Waals surface area contributed by atoms with Gasteiger partial charge in [0, 0.05) is 6.07 Å². The molecule has 1 saturated heterocycles. The van der Waals surface area contributed by atoms with Gasteiger partial charge in [-0.2, -0.15) is 0 Å². The van der Waals surface area contributed by atoms with Crippen LogP contribution in [0.2, 0.25) is 0 Å². The first kappa shape index (κ1) is 13.2. The van der Waals surface area contributed by atoms with Crippen LogP contribution < -0.4 is 9.64 Å². The Morgan fingerprint density at radius 1 is 1.42 bits per heavy atom. The Morgan fingerprint density at radius 2 is 2.16 bits per heavy atom. The second-order valence-corrected chi connectivity index (χ2v) is 4.17. The Labute approximate surface area is 110 Å². The molecule has 0 aromatic heterocycles. The van der Waals surface area contributed by atoms with Crippen molar-refractivity contribution in [2.24, 2.45) is 0 Å². The molecule has 2 rings (SSSR count). The molecule has 6 heteroatoms. The molecule has 1 heterocycles. The summed E-state index contributed by atoms with van der Waals surface area (Å²) in [5.74, 6) is -0.128. The summed E-state index contributed by atoms with van der Waals surface area (Å²) in [6.07, 6.45) is -0.402. The van der Waals surface area contributed by atoms with Crippen LogP contribution in [0.3, 0.4) is 0 Å². The van der Waals surface area contributed by atoms with Gasteiger partial charge in [0.2, 0.25) is 0 Å². The number of cyclic esters (lactones) is 1. The van der Waals surface area contributed by atoms with Crippen LogP contribution in [-0.4, -0.2) is 38.9 Å². The quantitative estimate of drug-likeness (QED) is 0.780. The van der Waals surface area contributed by atoms with Crippen molar-refractivity contribution in [3.63, 3.8) is 0 Å². The molecule has 0 saturated carbocycles. The number of nitrogens with zero attached hydrogens (tertiary/aromatic N) is 1. The van der Waals surface area contributed by atoms with Crippen LogP contribution in [-0.2, 0) is 9.47 Å². The van der Waals surface area contributed by atoms with E-state index in [9.17, 15) is 9.59 Å². The number of benzene rings is 1. The minimum atomic E-state index is -0.486. The van der Waals surface area contributed by atoms with E-state index in [1.807, 2.05) is 6.92 Å². The first-order chi connectivity index (χ1) is 9.08. The average molecular weight is 265 g/mol. The first-order valence-corrected chi connectivity index (χ1v) is 5.80. The van der Waals surface area contributed by atoms with Gasteiger partial charge in [0.25, 0.3) is 0 Å². The fourth-order valence-corrected chi connectivity index (χ4v) is 1.98. The molecule has 1 fully saturated rings. The number of ether oxygens (including phenoxy) is 3. The SMILES string of the molecule is COC(=O)c1ccc(N2C(=O)OC[C@H]2C)cc1OC. The number of hydrogen-bond donors (Lipinski definition) is 0. The Kier molecular flexibility index (Phi) is 3.59. The molecule has 1 amide bonds. The monoisotopic (exact) mass is 265 g/mol. The lowest BCUT2D eigenvalue weighted by atomic mass is 10.1. The highest BCUT2D eigenvalue weighted by molar-refractivity contribution is 5.95. The lowest BCUT2D eigenvalue weighted by molar-refractivity contribution is 0.0597. The molecule has 1 aliphatic rings. The zero-order chi connectivity index (χ0) is 14.0. The van der Waals surface area contributed by atoms with Crippen LogP contribution >= 0.6 is 0 Å². The zero-order valence-corrected chi connectivity index (χ0v) is 11.0. The van der Waals surface area contributed by atoms with Crippen LogP contribution in [0.15, 0.2) is 18.2 Å². The van der Waals surface area contributed by atoms with Crippen molar-refractivity contribution in [2.45, 2.75) is 13.0 Å². The van der Waals surface area contributed by atoms with Gasteiger partial charge in [0.05, 0.1) is 25.9 Å². The molecule has 0 spiro atoms. The number of anilines is 1. The van der Waals surface area contributed by atoms with Gasteiger partial charge in [0.1, 0.15) is 17.9 Å². The van der Waals surface area contributed by atoms with E-state index in [2.05, 4.69) is 4.74 Å². The van der Waals surface area contributed by atoms with Crippen molar-refractivity contribution in [1.29, 1.82) is 0 Å². The molecule has 0 bridgehead atoms. The highest BCUT2D eigenvalue weighted by Gasteiger charge is 2.31. The fraction of sp³-hybridized carbons (Fsp3) is 0.385. The molecule has 0 radical (unpaired) electrons. The predicted molar refractivity (Wildman–Crippen MR) is 67.6 cm³/mol. The number of carbonyl (C=O) groups is 2. The number of amides is 1. The highest BCUT2D eigenvalue weighted by atomic mass is 16.6. The van der Waals surface area contributed by atoms with E-state index < -0.39 is 12.1 Å². The second-order valence-electron chi connectivity index (χ2n) is 4.17. The third kappa shape index (κ3) is 2.33. The summed E-state index contributed by atoms with van der Waals surface area (Å²) in [5.41, 5.74) is 0.938. The topological polar surface area (TPSA) is 65.1 Å². The van der Waals surface area contributed by atoms with E-state index in [-0.39, 0.29) is 6.04 Å². The maximum absolute atomic E-state index is 11.6. The van der Waals surface area contributed by atoms with Gasteiger partial charge in [-0.3, -0.25) is 4.90 Å². The van der Waals surface area contributed by atoms with E-state index in [0.717, 1.165) is 0 Å².